The predicted octanol–water partition coefficient (Wildman–Crippen LogP) is 1.63. The third-order valence-electron chi connectivity index (χ3n) is 1.67. The van der Waals surface area contributed by atoms with Crippen molar-refractivity contribution in [1.29, 1.82) is 0 Å². The van der Waals surface area contributed by atoms with Gasteiger partial charge in [-0.2, -0.15) is 0 Å². The second kappa shape index (κ2) is 4.14. The lowest BCUT2D eigenvalue weighted by Gasteiger charge is -2.12. The van der Waals surface area contributed by atoms with Gasteiger partial charge in [0.05, 0.1) is 10.7 Å². The number of nitrogens with two attached hydrogens (primary N) is 1. The molecule has 0 aliphatic rings. The minimum Gasteiger partial charge on any atom is -0.373 e. The van der Waals surface area contributed by atoms with Crippen molar-refractivity contribution in [1.82, 2.24) is 0 Å². The summed E-state index contributed by atoms with van der Waals surface area (Å²) < 4.78 is 0. The van der Waals surface area contributed by atoms with Crippen LogP contribution in [-0.4, -0.2) is 11.9 Å². The molecule has 70 valence electrons. The molecule has 13 heavy (non-hydrogen) atoms. The minimum absolute atomic E-state index is 0.403. The SMILES string of the molecule is CC(Nc1ccccc1Cl)C(N)=O. The number of hydrogen-bond acceptors (Lipinski definition) is 2. The number of anilines is 1. The summed E-state index contributed by atoms with van der Waals surface area (Å²) >= 11 is 5.86. The molecule has 0 aliphatic heterocycles. The monoisotopic (exact) mass is 198 g/mol. The van der Waals surface area contributed by atoms with Crippen LogP contribution >= 0.6 is 11.6 Å². The maximum Gasteiger partial charge on any atom is 0.239 e. The lowest BCUT2D eigenvalue weighted by Crippen LogP contribution is -2.32. The van der Waals surface area contributed by atoms with Crippen LogP contribution in [0.15, 0.2) is 24.3 Å². The Bertz CT molecular complexity index is 314. The molecule has 1 aromatic rings. The molecule has 0 bridgehead atoms. The molecule has 0 fully saturated rings. The van der Waals surface area contributed by atoms with Crippen LogP contribution in [0.3, 0.4) is 0 Å². The zero-order valence-corrected chi connectivity index (χ0v) is 8.01. The summed E-state index contributed by atoms with van der Waals surface area (Å²) in [5.74, 6) is -0.403. The molecule has 1 aromatic carbocycles. The molecule has 0 saturated carbocycles. The fourth-order valence-corrected chi connectivity index (χ4v) is 1.07. The fraction of sp³-hybridized carbons (Fsp3) is 0.222. The van der Waals surface area contributed by atoms with Crippen LogP contribution in [0.25, 0.3) is 0 Å². The molecule has 1 atom stereocenters. The predicted molar refractivity (Wildman–Crippen MR) is 53.7 cm³/mol. The molecule has 4 heteroatoms. The Hall–Kier alpha value is -1.22. The van der Waals surface area contributed by atoms with Gasteiger partial charge in [-0.3, -0.25) is 4.79 Å². The van der Waals surface area contributed by atoms with E-state index < -0.39 is 11.9 Å². The molecule has 0 aliphatic carbocycles. The number of amides is 1. The normalized spacial score (nSPS) is 12.2. The van der Waals surface area contributed by atoms with Gasteiger partial charge in [0.1, 0.15) is 6.04 Å². The second-order valence-electron chi connectivity index (χ2n) is 2.75. The van der Waals surface area contributed by atoms with Gasteiger partial charge in [0.15, 0.2) is 0 Å². The van der Waals surface area contributed by atoms with E-state index in [2.05, 4.69) is 5.32 Å². The maximum absolute atomic E-state index is 10.7. The van der Waals surface area contributed by atoms with Gasteiger partial charge >= 0.3 is 0 Å². The van der Waals surface area contributed by atoms with Crippen LogP contribution in [0, 0.1) is 0 Å². The second-order valence-corrected chi connectivity index (χ2v) is 3.16. The summed E-state index contributed by atoms with van der Waals surface area (Å²) in [6.45, 7) is 1.69. The number of carbonyl (C=O) groups is 1. The van der Waals surface area contributed by atoms with E-state index in [1.165, 1.54) is 0 Å². The van der Waals surface area contributed by atoms with Gasteiger partial charge in [-0.1, -0.05) is 23.7 Å². The Labute approximate surface area is 81.9 Å². The van der Waals surface area contributed by atoms with Gasteiger partial charge in [0, 0.05) is 0 Å². The molecule has 1 unspecified atom stereocenters. The highest BCUT2D eigenvalue weighted by molar-refractivity contribution is 6.33. The number of para-hydroxylation sites is 1. The molecule has 3 N–H and O–H groups in total. The first kappa shape index (κ1) is 9.86. The highest BCUT2D eigenvalue weighted by Gasteiger charge is 2.08. The summed E-state index contributed by atoms with van der Waals surface area (Å²) in [5.41, 5.74) is 5.81. The van der Waals surface area contributed by atoms with E-state index in [4.69, 9.17) is 17.3 Å². The largest absolute Gasteiger partial charge is 0.373 e. The van der Waals surface area contributed by atoms with E-state index in [1.54, 1.807) is 19.1 Å². The van der Waals surface area contributed by atoms with E-state index in [9.17, 15) is 4.79 Å². The lowest BCUT2D eigenvalue weighted by molar-refractivity contribution is -0.118. The summed E-state index contributed by atoms with van der Waals surface area (Å²) in [6.07, 6.45) is 0. The zero-order valence-electron chi connectivity index (χ0n) is 7.25. The van der Waals surface area contributed by atoms with Crippen molar-refractivity contribution >= 4 is 23.2 Å². The number of carbonyl (C=O) groups excluding carboxylic acids is 1. The smallest absolute Gasteiger partial charge is 0.239 e. The van der Waals surface area contributed by atoms with Crippen molar-refractivity contribution in [3.63, 3.8) is 0 Å². The van der Waals surface area contributed by atoms with Crippen LogP contribution in [0.2, 0.25) is 5.02 Å². The highest BCUT2D eigenvalue weighted by Crippen LogP contribution is 2.20. The summed E-state index contributed by atoms with van der Waals surface area (Å²) in [6, 6.07) is 6.78. The third-order valence-corrected chi connectivity index (χ3v) is 2.00. The minimum atomic E-state index is -0.417. The Balaban J connectivity index is 2.74. The zero-order chi connectivity index (χ0) is 9.84. The summed E-state index contributed by atoms with van der Waals surface area (Å²) in [4.78, 5) is 10.7. The lowest BCUT2D eigenvalue weighted by atomic mass is 10.2. The first-order valence-corrected chi connectivity index (χ1v) is 4.29. The number of benzene rings is 1. The average Bonchev–Trinajstić information content (AvgIpc) is 2.08. The first-order chi connectivity index (χ1) is 6.11. The van der Waals surface area contributed by atoms with Crippen molar-refractivity contribution < 1.29 is 4.79 Å². The van der Waals surface area contributed by atoms with Crippen LogP contribution in [0.4, 0.5) is 5.69 Å². The molecule has 0 spiro atoms. The highest BCUT2D eigenvalue weighted by atomic mass is 35.5. The van der Waals surface area contributed by atoms with Crippen molar-refractivity contribution in [2.24, 2.45) is 5.73 Å². The van der Waals surface area contributed by atoms with Gasteiger partial charge in [-0.05, 0) is 19.1 Å². The standard InChI is InChI=1S/C9H11ClN2O/c1-6(9(11)13)12-8-5-3-2-4-7(8)10/h2-6,12H,1H3,(H2,11,13). The van der Waals surface area contributed by atoms with Crippen LogP contribution in [0.5, 0.6) is 0 Å². The Morgan fingerprint density at radius 2 is 2.15 bits per heavy atom. The van der Waals surface area contributed by atoms with Crippen molar-refractivity contribution in [2.45, 2.75) is 13.0 Å². The van der Waals surface area contributed by atoms with E-state index in [1.807, 2.05) is 12.1 Å². The van der Waals surface area contributed by atoms with Gasteiger partial charge < -0.3 is 11.1 Å². The molecule has 3 nitrogen and oxygen atoms in total. The van der Waals surface area contributed by atoms with Crippen molar-refractivity contribution in [3.8, 4) is 0 Å². The summed E-state index contributed by atoms with van der Waals surface area (Å²) in [7, 11) is 0. The molecule has 1 amide bonds. The van der Waals surface area contributed by atoms with E-state index >= 15 is 0 Å². The van der Waals surface area contributed by atoms with E-state index in [-0.39, 0.29) is 0 Å². The number of hydrogen-bond donors (Lipinski definition) is 2. The molecule has 1 rings (SSSR count). The number of rotatable bonds is 3. The van der Waals surface area contributed by atoms with E-state index in [0.29, 0.717) is 5.02 Å². The van der Waals surface area contributed by atoms with Crippen LogP contribution in [0.1, 0.15) is 6.92 Å². The summed E-state index contributed by atoms with van der Waals surface area (Å²) in [5, 5.41) is 3.48. The maximum atomic E-state index is 10.7. The molecule has 0 radical (unpaired) electrons. The number of halogens is 1. The Morgan fingerprint density at radius 1 is 1.54 bits per heavy atom. The van der Waals surface area contributed by atoms with Gasteiger partial charge in [-0.25, -0.2) is 0 Å². The number of nitrogens with one attached hydrogen (secondary N) is 1. The topological polar surface area (TPSA) is 55.1 Å². The number of primary amides is 1. The van der Waals surface area contributed by atoms with Gasteiger partial charge in [-0.15, -0.1) is 0 Å². The molecular formula is C9H11ClN2O. The molecule has 0 aromatic heterocycles. The van der Waals surface area contributed by atoms with Crippen molar-refractivity contribution in [3.05, 3.63) is 29.3 Å². The Morgan fingerprint density at radius 3 is 2.69 bits per heavy atom. The fourth-order valence-electron chi connectivity index (χ4n) is 0.883. The van der Waals surface area contributed by atoms with Crippen LogP contribution in [-0.2, 0) is 4.79 Å². The Kier molecular flexibility index (Phi) is 3.14. The van der Waals surface area contributed by atoms with Crippen LogP contribution < -0.4 is 11.1 Å². The average molecular weight is 199 g/mol. The van der Waals surface area contributed by atoms with Crippen molar-refractivity contribution in [2.75, 3.05) is 5.32 Å². The van der Waals surface area contributed by atoms with Gasteiger partial charge in [0.2, 0.25) is 5.91 Å². The van der Waals surface area contributed by atoms with Gasteiger partial charge in [0.25, 0.3) is 0 Å². The first-order valence-electron chi connectivity index (χ1n) is 3.91. The molecule has 0 heterocycles. The van der Waals surface area contributed by atoms with E-state index in [0.717, 1.165) is 5.69 Å². The molecular weight excluding hydrogens is 188 g/mol. The quantitative estimate of drug-likeness (QED) is 0.776. The molecule has 0 saturated heterocycles. The third kappa shape index (κ3) is 2.63.